The van der Waals surface area contributed by atoms with Gasteiger partial charge in [-0.15, -0.1) is 0 Å². The Morgan fingerprint density at radius 2 is 1.73 bits per heavy atom. The molecule has 0 aliphatic rings. The van der Waals surface area contributed by atoms with Crippen LogP contribution in [0.4, 0.5) is 0 Å². The third-order valence-corrected chi connectivity index (χ3v) is 5.23. The molecule has 8 heteroatoms. The first-order chi connectivity index (χ1) is 14.6. The van der Waals surface area contributed by atoms with Gasteiger partial charge < -0.3 is 9.30 Å². The summed E-state index contributed by atoms with van der Waals surface area (Å²) in [5.41, 5.74) is 0.955. The molecule has 0 atom stereocenters. The molecule has 0 radical (unpaired) electrons. The van der Waals surface area contributed by atoms with Crippen molar-refractivity contribution >= 4 is 22.8 Å². The van der Waals surface area contributed by atoms with Gasteiger partial charge in [0, 0.05) is 6.54 Å². The maximum Gasteiger partial charge on any atom is 0.333 e. The zero-order chi connectivity index (χ0) is 21.1. The van der Waals surface area contributed by atoms with Gasteiger partial charge in [0.2, 0.25) is 0 Å². The third kappa shape index (κ3) is 3.76. The van der Waals surface area contributed by atoms with Gasteiger partial charge in [-0.05, 0) is 24.6 Å². The largest absolute Gasteiger partial charge is 0.490 e. The van der Waals surface area contributed by atoms with Crippen LogP contribution >= 0.6 is 11.6 Å². The summed E-state index contributed by atoms with van der Waals surface area (Å²) in [6.07, 6.45) is 1.59. The van der Waals surface area contributed by atoms with Crippen molar-refractivity contribution in [1.29, 1.82) is 0 Å². The van der Waals surface area contributed by atoms with Crippen molar-refractivity contribution < 1.29 is 4.74 Å². The molecule has 2 aromatic heterocycles. The number of hydrogen-bond acceptors (Lipinski definition) is 4. The topological polar surface area (TPSA) is 71.1 Å². The highest BCUT2D eigenvalue weighted by Gasteiger charge is 2.18. The number of nitrogens with zero attached hydrogens (tertiary/aromatic N) is 4. The maximum absolute atomic E-state index is 13.2. The summed E-state index contributed by atoms with van der Waals surface area (Å²) in [6.45, 7) is 3.06. The van der Waals surface area contributed by atoms with E-state index in [0.29, 0.717) is 35.0 Å². The number of halogens is 1. The lowest BCUT2D eigenvalue weighted by Gasteiger charge is -2.13. The molecule has 30 heavy (non-hydrogen) atoms. The van der Waals surface area contributed by atoms with E-state index in [1.54, 1.807) is 23.0 Å². The lowest BCUT2D eigenvalue weighted by atomic mass is 10.2. The Morgan fingerprint density at radius 3 is 2.47 bits per heavy atom. The van der Waals surface area contributed by atoms with E-state index in [1.165, 1.54) is 9.13 Å². The fraction of sp³-hybridized carbons (Fsp3) is 0.227. The summed E-state index contributed by atoms with van der Waals surface area (Å²) in [6, 6.07) is 16.7. The van der Waals surface area contributed by atoms with E-state index in [1.807, 2.05) is 49.4 Å². The van der Waals surface area contributed by atoms with E-state index >= 15 is 0 Å². The van der Waals surface area contributed by atoms with Crippen molar-refractivity contribution in [3.8, 4) is 5.75 Å². The molecule has 0 fully saturated rings. The maximum atomic E-state index is 13.2. The van der Waals surface area contributed by atoms with Gasteiger partial charge in [0.25, 0.3) is 5.56 Å². The number of fused-ring (bicyclic) bond motifs is 1. The highest BCUT2D eigenvalue weighted by molar-refractivity contribution is 6.32. The van der Waals surface area contributed by atoms with Crippen molar-refractivity contribution in [3.05, 3.63) is 92.3 Å². The summed E-state index contributed by atoms with van der Waals surface area (Å²) in [5, 5.41) is 0.478. The van der Waals surface area contributed by atoms with Gasteiger partial charge >= 0.3 is 5.69 Å². The smallest absolute Gasteiger partial charge is 0.333 e. The minimum absolute atomic E-state index is 0.0997. The predicted molar refractivity (Wildman–Crippen MR) is 116 cm³/mol. The molecular formula is C22H21ClN4O3. The number of imidazole rings is 1. The Labute approximate surface area is 177 Å². The normalized spacial score (nSPS) is 11.1. The van der Waals surface area contributed by atoms with Gasteiger partial charge in [0.05, 0.1) is 24.4 Å². The second-order valence-corrected chi connectivity index (χ2v) is 7.20. The van der Waals surface area contributed by atoms with E-state index in [-0.39, 0.29) is 18.7 Å². The molecule has 2 aromatic carbocycles. The van der Waals surface area contributed by atoms with E-state index in [9.17, 15) is 9.59 Å². The van der Waals surface area contributed by atoms with E-state index in [0.717, 1.165) is 5.56 Å². The van der Waals surface area contributed by atoms with Crippen LogP contribution in [0.5, 0.6) is 5.75 Å². The van der Waals surface area contributed by atoms with Crippen LogP contribution in [-0.4, -0.2) is 25.3 Å². The third-order valence-electron chi connectivity index (χ3n) is 4.92. The number of rotatable bonds is 7. The van der Waals surface area contributed by atoms with E-state index < -0.39 is 5.69 Å². The highest BCUT2D eigenvalue weighted by Crippen LogP contribution is 2.22. The number of para-hydroxylation sites is 1. The second kappa shape index (κ2) is 8.59. The molecule has 0 saturated heterocycles. The van der Waals surface area contributed by atoms with Gasteiger partial charge in [-0.25, -0.2) is 9.78 Å². The molecule has 154 valence electrons. The molecule has 2 heterocycles. The lowest BCUT2D eigenvalue weighted by Crippen LogP contribution is -2.42. The molecule has 0 N–H and O–H groups in total. The molecule has 0 aliphatic heterocycles. The van der Waals surface area contributed by atoms with Crippen molar-refractivity contribution in [3.63, 3.8) is 0 Å². The molecule has 0 amide bonds. The molecule has 0 spiro atoms. The highest BCUT2D eigenvalue weighted by atomic mass is 35.5. The molecule has 0 unspecified atom stereocenters. The molecule has 0 saturated carbocycles. The quantitative estimate of drug-likeness (QED) is 0.457. The average molecular weight is 425 g/mol. The second-order valence-electron chi connectivity index (χ2n) is 6.79. The SMILES string of the molecule is CCn1cnc2c1c(=O)n(CCOc1ccccc1Cl)c(=O)n2Cc1ccccc1. The van der Waals surface area contributed by atoms with Crippen molar-refractivity contribution in [2.45, 2.75) is 26.6 Å². The monoisotopic (exact) mass is 424 g/mol. The van der Waals surface area contributed by atoms with Gasteiger partial charge in [0.15, 0.2) is 11.2 Å². The van der Waals surface area contributed by atoms with Crippen LogP contribution in [0, 0.1) is 0 Å². The number of ether oxygens (including phenoxy) is 1. The van der Waals surface area contributed by atoms with Crippen LogP contribution in [0.2, 0.25) is 5.02 Å². The van der Waals surface area contributed by atoms with Crippen LogP contribution in [0.15, 0.2) is 70.5 Å². The summed E-state index contributed by atoms with van der Waals surface area (Å²) < 4.78 is 10.2. The molecular weight excluding hydrogens is 404 g/mol. The van der Waals surface area contributed by atoms with Crippen molar-refractivity contribution in [1.82, 2.24) is 18.7 Å². The fourth-order valence-corrected chi connectivity index (χ4v) is 3.58. The van der Waals surface area contributed by atoms with Crippen LogP contribution < -0.4 is 16.0 Å². The number of aryl methyl sites for hydroxylation is 1. The van der Waals surface area contributed by atoms with Gasteiger partial charge in [0.1, 0.15) is 12.4 Å². The summed E-state index contributed by atoms with van der Waals surface area (Å²) in [4.78, 5) is 30.7. The molecule has 7 nitrogen and oxygen atoms in total. The lowest BCUT2D eigenvalue weighted by molar-refractivity contribution is 0.292. The predicted octanol–water partition coefficient (Wildman–Crippen LogP) is 3.16. The van der Waals surface area contributed by atoms with Gasteiger partial charge in [-0.2, -0.15) is 0 Å². The fourth-order valence-electron chi connectivity index (χ4n) is 3.39. The number of hydrogen-bond donors (Lipinski definition) is 0. The van der Waals surface area contributed by atoms with E-state index in [2.05, 4.69) is 4.98 Å². The van der Waals surface area contributed by atoms with Gasteiger partial charge in [-0.3, -0.25) is 13.9 Å². The first-order valence-electron chi connectivity index (χ1n) is 9.70. The Morgan fingerprint density at radius 1 is 1.00 bits per heavy atom. The van der Waals surface area contributed by atoms with Crippen LogP contribution in [-0.2, 0) is 19.6 Å². The van der Waals surface area contributed by atoms with Gasteiger partial charge in [-0.1, -0.05) is 54.1 Å². The van der Waals surface area contributed by atoms with Crippen LogP contribution in [0.1, 0.15) is 12.5 Å². The standard InChI is InChI=1S/C22H21ClN4O3/c1-2-25-15-24-20-19(25)21(28)26(12-13-30-18-11-7-6-10-17(18)23)22(29)27(20)14-16-8-4-3-5-9-16/h3-11,15H,2,12-14H2,1H3. The van der Waals surface area contributed by atoms with E-state index in [4.69, 9.17) is 16.3 Å². The number of benzene rings is 2. The van der Waals surface area contributed by atoms with Crippen molar-refractivity contribution in [2.24, 2.45) is 0 Å². The molecule has 0 aliphatic carbocycles. The summed E-state index contributed by atoms with van der Waals surface area (Å²) in [7, 11) is 0. The summed E-state index contributed by atoms with van der Waals surface area (Å²) >= 11 is 6.12. The summed E-state index contributed by atoms with van der Waals surface area (Å²) in [5.74, 6) is 0.511. The zero-order valence-electron chi connectivity index (χ0n) is 16.5. The minimum Gasteiger partial charge on any atom is -0.490 e. The Kier molecular flexibility index (Phi) is 5.72. The molecule has 0 bridgehead atoms. The number of aromatic nitrogens is 4. The Hall–Kier alpha value is -3.32. The first-order valence-corrected chi connectivity index (χ1v) is 10.1. The molecule has 4 aromatic rings. The molecule has 4 rings (SSSR count). The Balaban J connectivity index is 1.74. The Bertz CT molecular complexity index is 1290. The van der Waals surface area contributed by atoms with Crippen LogP contribution in [0.3, 0.4) is 0 Å². The average Bonchev–Trinajstić information content (AvgIpc) is 3.20. The van der Waals surface area contributed by atoms with Crippen LogP contribution in [0.25, 0.3) is 11.2 Å². The minimum atomic E-state index is -0.416. The first kappa shape index (κ1) is 20.0. The van der Waals surface area contributed by atoms with Crippen molar-refractivity contribution in [2.75, 3.05) is 6.61 Å². The zero-order valence-corrected chi connectivity index (χ0v) is 17.2.